The number of carbonyl (C=O) groups is 1. The van der Waals surface area contributed by atoms with Gasteiger partial charge in [-0.15, -0.1) is 5.10 Å². The van der Waals surface area contributed by atoms with E-state index in [1.807, 2.05) is 60.7 Å². The Morgan fingerprint density at radius 2 is 1.70 bits per heavy atom. The van der Waals surface area contributed by atoms with Gasteiger partial charge >= 0.3 is 5.69 Å². The maximum absolute atomic E-state index is 13.3. The van der Waals surface area contributed by atoms with Crippen LogP contribution in [0.2, 0.25) is 0 Å². The number of anilines is 1. The number of aromatic nitrogens is 3. The van der Waals surface area contributed by atoms with Gasteiger partial charge < -0.3 is 10.1 Å². The smallest absolute Gasteiger partial charge is 0.343 e. The number of hydrogen-bond donors (Lipinski definition) is 2. The molecule has 0 radical (unpaired) electrons. The molecule has 1 unspecified atom stereocenters. The van der Waals surface area contributed by atoms with E-state index < -0.39 is 5.25 Å². The first-order valence-electron chi connectivity index (χ1n) is 10.5. The fourth-order valence-corrected chi connectivity index (χ4v) is 4.43. The molecule has 0 aliphatic heterocycles. The lowest BCUT2D eigenvalue weighted by molar-refractivity contribution is -0.115. The molecular formula is C25H24N4O3S. The molecule has 1 aromatic heterocycles. The fraction of sp³-hybridized carbons (Fsp3) is 0.160. The Kier molecular flexibility index (Phi) is 7.26. The van der Waals surface area contributed by atoms with Crippen molar-refractivity contribution in [1.82, 2.24) is 14.8 Å². The van der Waals surface area contributed by atoms with Crippen LogP contribution in [-0.4, -0.2) is 27.8 Å². The Morgan fingerprint density at radius 1 is 1.03 bits per heavy atom. The number of ether oxygens (including phenoxy) is 1. The van der Waals surface area contributed by atoms with Gasteiger partial charge in [-0.2, -0.15) is 0 Å². The van der Waals surface area contributed by atoms with Gasteiger partial charge in [-0.1, -0.05) is 72.4 Å². The van der Waals surface area contributed by atoms with Crippen molar-refractivity contribution in [1.29, 1.82) is 0 Å². The number of aromatic amines is 1. The minimum absolute atomic E-state index is 0.207. The monoisotopic (exact) mass is 460 g/mol. The zero-order valence-corrected chi connectivity index (χ0v) is 18.9. The van der Waals surface area contributed by atoms with Crippen molar-refractivity contribution in [3.8, 4) is 5.75 Å². The third kappa shape index (κ3) is 5.72. The quantitative estimate of drug-likeness (QED) is 0.364. The number of methoxy groups -OCH3 is 1. The summed E-state index contributed by atoms with van der Waals surface area (Å²) in [6.07, 6.45) is 0.682. The van der Waals surface area contributed by atoms with Crippen molar-refractivity contribution in [2.75, 3.05) is 12.4 Å². The summed E-state index contributed by atoms with van der Waals surface area (Å²) in [5.74, 6) is 0.502. The summed E-state index contributed by atoms with van der Waals surface area (Å²) in [6.45, 7) is 0.462. The van der Waals surface area contributed by atoms with E-state index in [4.69, 9.17) is 4.74 Å². The lowest BCUT2D eigenvalue weighted by Gasteiger charge is -2.17. The van der Waals surface area contributed by atoms with E-state index in [-0.39, 0.29) is 11.6 Å². The third-order valence-corrected chi connectivity index (χ3v) is 6.36. The van der Waals surface area contributed by atoms with E-state index in [0.29, 0.717) is 29.6 Å². The van der Waals surface area contributed by atoms with Crippen molar-refractivity contribution in [3.63, 3.8) is 0 Å². The summed E-state index contributed by atoms with van der Waals surface area (Å²) < 4.78 is 6.76. The molecule has 2 N–H and O–H groups in total. The number of thioether (sulfide) groups is 1. The Balaban J connectivity index is 1.56. The van der Waals surface area contributed by atoms with Gasteiger partial charge in [0.2, 0.25) is 5.91 Å². The molecule has 1 heterocycles. The topological polar surface area (TPSA) is 89.0 Å². The molecular weight excluding hydrogens is 436 g/mol. The number of nitrogens with zero attached hydrogens (tertiary/aromatic N) is 2. The zero-order chi connectivity index (χ0) is 23.0. The van der Waals surface area contributed by atoms with Gasteiger partial charge in [-0.25, -0.2) is 9.89 Å². The van der Waals surface area contributed by atoms with Crippen molar-refractivity contribution in [2.45, 2.75) is 23.4 Å². The Hall–Kier alpha value is -3.78. The summed E-state index contributed by atoms with van der Waals surface area (Å²) in [5.41, 5.74) is 2.30. The van der Waals surface area contributed by atoms with Crippen LogP contribution in [0.25, 0.3) is 0 Å². The molecule has 1 amide bonds. The molecule has 4 rings (SSSR count). The number of H-pyrrole nitrogens is 1. The van der Waals surface area contributed by atoms with Gasteiger partial charge in [-0.05, 0) is 41.8 Å². The van der Waals surface area contributed by atoms with Crippen molar-refractivity contribution in [3.05, 3.63) is 107 Å². The van der Waals surface area contributed by atoms with Crippen LogP contribution >= 0.6 is 11.8 Å². The first kappa shape index (κ1) is 22.4. The molecule has 7 nitrogen and oxygen atoms in total. The molecule has 4 aromatic rings. The minimum Gasteiger partial charge on any atom is -0.497 e. The van der Waals surface area contributed by atoms with Gasteiger partial charge in [-0.3, -0.25) is 9.36 Å². The summed E-state index contributed by atoms with van der Waals surface area (Å²) >= 11 is 1.24. The number of amides is 1. The number of benzene rings is 3. The zero-order valence-electron chi connectivity index (χ0n) is 18.1. The van der Waals surface area contributed by atoms with Gasteiger partial charge in [0.05, 0.1) is 7.11 Å². The summed E-state index contributed by atoms with van der Waals surface area (Å²) in [7, 11) is 1.59. The highest BCUT2D eigenvalue weighted by Gasteiger charge is 2.25. The molecule has 0 aliphatic carbocycles. The third-order valence-electron chi connectivity index (χ3n) is 5.11. The van der Waals surface area contributed by atoms with Crippen molar-refractivity contribution >= 4 is 23.4 Å². The van der Waals surface area contributed by atoms with Crippen molar-refractivity contribution < 1.29 is 9.53 Å². The van der Waals surface area contributed by atoms with Crippen molar-refractivity contribution in [2.24, 2.45) is 0 Å². The largest absolute Gasteiger partial charge is 0.497 e. The SMILES string of the molecule is COc1ccc(NC(=O)C(Sc2n[nH]c(=O)n2CCc2ccccc2)c2ccccc2)cc1. The van der Waals surface area contributed by atoms with E-state index in [0.717, 1.165) is 11.1 Å². The van der Waals surface area contributed by atoms with Crippen LogP contribution in [0.5, 0.6) is 5.75 Å². The number of rotatable bonds is 9. The standard InChI is InChI=1S/C25H24N4O3S/c1-32-21-14-12-20(13-15-21)26-23(30)22(19-10-6-3-7-11-19)33-25-28-27-24(31)29(25)17-16-18-8-4-2-5-9-18/h2-15,22H,16-17H2,1H3,(H,26,30)(H,27,31). The fourth-order valence-electron chi connectivity index (χ4n) is 3.36. The highest BCUT2D eigenvalue weighted by Crippen LogP contribution is 2.35. The Bertz CT molecular complexity index is 1240. The predicted molar refractivity (Wildman–Crippen MR) is 130 cm³/mol. The van der Waals surface area contributed by atoms with Crippen LogP contribution in [-0.2, 0) is 17.8 Å². The number of carbonyl (C=O) groups excluding carboxylic acids is 1. The molecule has 33 heavy (non-hydrogen) atoms. The van der Waals surface area contributed by atoms with Crippen LogP contribution in [0, 0.1) is 0 Å². The van der Waals surface area contributed by atoms with Crippen LogP contribution in [0.1, 0.15) is 16.4 Å². The highest BCUT2D eigenvalue weighted by molar-refractivity contribution is 8.00. The number of nitrogens with one attached hydrogen (secondary N) is 2. The second kappa shape index (κ2) is 10.7. The molecule has 0 aliphatic rings. The molecule has 1 atom stereocenters. The second-order valence-electron chi connectivity index (χ2n) is 7.32. The first-order valence-corrected chi connectivity index (χ1v) is 11.4. The summed E-state index contributed by atoms with van der Waals surface area (Å²) in [6, 6.07) is 26.5. The molecule has 0 saturated heterocycles. The van der Waals surface area contributed by atoms with Crippen LogP contribution in [0.3, 0.4) is 0 Å². The average Bonchev–Trinajstić information content (AvgIpc) is 3.21. The normalized spacial score (nSPS) is 11.7. The van der Waals surface area contributed by atoms with Gasteiger partial charge in [0.25, 0.3) is 0 Å². The van der Waals surface area contributed by atoms with Crippen LogP contribution in [0.4, 0.5) is 5.69 Å². The molecule has 0 saturated carbocycles. The lowest BCUT2D eigenvalue weighted by Crippen LogP contribution is -2.22. The summed E-state index contributed by atoms with van der Waals surface area (Å²) in [5, 5.41) is 9.54. The average molecular weight is 461 g/mol. The van der Waals surface area contributed by atoms with Crippen LogP contribution in [0.15, 0.2) is 94.9 Å². The molecule has 168 valence electrons. The van der Waals surface area contributed by atoms with Gasteiger partial charge in [0.1, 0.15) is 11.0 Å². The molecule has 0 bridgehead atoms. The number of aryl methyl sites for hydroxylation is 1. The van der Waals surface area contributed by atoms with E-state index >= 15 is 0 Å². The maximum atomic E-state index is 13.3. The van der Waals surface area contributed by atoms with E-state index in [1.165, 1.54) is 11.8 Å². The predicted octanol–water partition coefficient (Wildman–Crippen LogP) is 4.29. The Labute approximate surface area is 195 Å². The van der Waals surface area contributed by atoms with E-state index in [9.17, 15) is 9.59 Å². The molecule has 3 aromatic carbocycles. The molecule has 8 heteroatoms. The highest BCUT2D eigenvalue weighted by atomic mass is 32.2. The second-order valence-corrected chi connectivity index (χ2v) is 8.40. The van der Waals surface area contributed by atoms with Gasteiger partial charge in [0.15, 0.2) is 5.16 Å². The minimum atomic E-state index is -0.598. The molecule has 0 spiro atoms. The Morgan fingerprint density at radius 3 is 2.36 bits per heavy atom. The van der Waals surface area contributed by atoms with E-state index in [1.54, 1.807) is 35.9 Å². The maximum Gasteiger partial charge on any atom is 0.343 e. The summed E-state index contributed by atoms with van der Waals surface area (Å²) in [4.78, 5) is 25.7. The molecule has 0 fully saturated rings. The van der Waals surface area contributed by atoms with Gasteiger partial charge in [0, 0.05) is 12.2 Å². The van der Waals surface area contributed by atoms with E-state index in [2.05, 4.69) is 15.5 Å². The number of hydrogen-bond acceptors (Lipinski definition) is 5. The van der Waals surface area contributed by atoms with Crippen LogP contribution < -0.4 is 15.7 Å². The first-order chi connectivity index (χ1) is 16.1. The lowest BCUT2D eigenvalue weighted by atomic mass is 10.1.